The Morgan fingerprint density at radius 1 is 1.38 bits per heavy atom. The molecule has 0 saturated heterocycles. The molecule has 0 atom stereocenters. The number of aromatic nitrogens is 2. The van der Waals surface area contributed by atoms with Crippen LogP contribution in [-0.4, -0.2) is 16.7 Å². The summed E-state index contributed by atoms with van der Waals surface area (Å²) in [5.41, 5.74) is 0.256. The van der Waals surface area contributed by atoms with Crippen molar-refractivity contribution >= 4 is 0 Å². The van der Waals surface area contributed by atoms with E-state index in [1.807, 2.05) is 6.92 Å². The highest BCUT2D eigenvalue weighted by Crippen LogP contribution is 2.40. The lowest BCUT2D eigenvalue weighted by Gasteiger charge is -2.41. The Hall–Kier alpha value is -0.900. The summed E-state index contributed by atoms with van der Waals surface area (Å²) in [6.45, 7) is 9.50. The monoisotopic (exact) mass is 223 g/mol. The Morgan fingerprint density at radius 3 is 2.44 bits per heavy atom. The van der Waals surface area contributed by atoms with Crippen LogP contribution in [0.3, 0.4) is 0 Å². The van der Waals surface area contributed by atoms with Crippen LogP contribution in [0.25, 0.3) is 0 Å². The second-order valence-corrected chi connectivity index (χ2v) is 5.99. The van der Waals surface area contributed by atoms with Crippen molar-refractivity contribution in [2.24, 2.45) is 5.41 Å². The molecule has 1 saturated carbocycles. The molecule has 0 amide bonds. The highest BCUT2D eigenvalue weighted by Gasteiger charge is 2.42. The summed E-state index contributed by atoms with van der Waals surface area (Å²) >= 11 is 0. The van der Waals surface area contributed by atoms with Gasteiger partial charge in [0.1, 0.15) is 0 Å². The first-order chi connectivity index (χ1) is 7.41. The van der Waals surface area contributed by atoms with Crippen LogP contribution in [0.1, 0.15) is 51.7 Å². The molecule has 1 aliphatic rings. The molecule has 16 heavy (non-hydrogen) atoms. The van der Waals surface area contributed by atoms with E-state index in [0.29, 0.717) is 5.89 Å². The molecule has 0 unspecified atom stereocenters. The van der Waals surface area contributed by atoms with E-state index in [-0.39, 0.29) is 11.0 Å². The van der Waals surface area contributed by atoms with Crippen LogP contribution in [0.4, 0.5) is 0 Å². The van der Waals surface area contributed by atoms with E-state index in [1.165, 1.54) is 6.42 Å². The van der Waals surface area contributed by atoms with Gasteiger partial charge in [-0.3, -0.25) is 0 Å². The second kappa shape index (κ2) is 3.84. The lowest BCUT2D eigenvalue weighted by atomic mass is 9.75. The molecule has 1 aliphatic carbocycles. The molecule has 0 bridgehead atoms. The third-order valence-electron chi connectivity index (χ3n) is 3.12. The van der Waals surface area contributed by atoms with Gasteiger partial charge in [0.15, 0.2) is 5.82 Å². The molecule has 1 aromatic heterocycles. The number of hydrogen-bond donors (Lipinski definition) is 1. The minimum absolute atomic E-state index is 0.0228. The maximum Gasteiger partial charge on any atom is 0.223 e. The standard InChI is InChI=1S/C12H21N3O/c1-9-14-10(15-16-9)12(6-5-7-12)13-8-11(2,3)4/h13H,5-8H2,1-4H3. The van der Waals surface area contributed by atoms with E-state index in [1.54, 1.807) is 0 Å². The molecule has 0 aliphatic heterocycles. The van der Waals surface area contributed by atoms with E-state index < -0.39 is 0 Å². The van der Waals surface area contributed by atoms with Gasteiger partial charge in [0, 0.05) is 13.5 Å². The zero-order valence-corrected chi connectivity index (χ0v) is 10.6. The molecule has 4 heteroatoms. The van der Waals surface area contributed by atoms with Crippen molar-refractivity contribution in [3.8, 4) is 0 Å². The fourth-order valence-corrected chi connectivity index (χ4v) is 1.94. The maximum atomic E-state index is 5.08. The molecule has 1 aromatic rings. The first-order valence-electron chi connectivity index (χ1n) is 5.97. The van der Waals surface area contributed by atoms with Crippen LogP contribution in [0.15, 0.2) is 4.52 Å². The van der Waals surface area contributed by atoms with Gasteiger partial charge in [0.25, 0.3) is 0 Å². The van der Waals surface area contributed by atoms with E-state index in [4.69, 9.17) is 4.52 Å². The van der Waals surface area contributed by atoms with Crippen molar-refractivity contribution in [1.29, 1.82) is 0 Å². The summed E-state index contributed by atoms with van der Waals surface area (Å²) in [6.07, 6.45) is 3.47. The van der Waals surface area contributed by atoms with Gasteiger partial charge in [0.2, 0.25) is 5.89 Å². The van der Waals surface area contributed by atoms with Gasteiger partial charge in [0.05, 0.1) is 5.54 Å². The summed E-state index contributed by atoms with van der Waals surface area (Å²) < 4.78 is 5.08. The SMILES string of the molecule is Cc1nc(C2(NCC(C)(C)C)CCC2)no1. The van der Waals surface area contributed by atoms with Crippen LogP contribution >= 0.6 is 0 Å². The molecule has 0 spiro atoms. The van der Waals surface area contributed by atoms with E-state index >= 15 is 0 Å². The highest BCUT2D eigenvalue weighted by molar-refractivity contribution is 5.10. The van der Waals surface area contributed by atoms with E-state index in [9.17, 15) is 0 Å². The van der Waals surface area contributed by atoms with Crippen molar-refractivity contribution < 1.29 is 4.52 Å². The van der Waals surface area contributed by atoms with Gasteiger partial charge in [-0.15, -0.1) is 0 Å². The summed E-state index contributed by atoms with van der Waals surface area (Å²) in [5.74, 6) is 1.49. The Bertz CT molecular complexity index is 361. The molecule has 0 aromatic carbocycles. The topological polar surface area (TPSA) is 51.0 Å². The number of hydrogen-bond acceptors (Lipinski definition) is 4. The van der Waals surface area contributed by atoms with Gasteiger partial charge in [-0.1, -0.05) is 25.9 Å². The predicted molar refractivity (Wildman–Crippen MR) is 62.0 cm³/mol. The minimum Gasteiger partial charge on any atom is -0.340 e. The third-order valence-corrected chi connectivity index (χ3v) is 3.12. The quantitative estimate of drug-likeness (QED) is 0.854. The fraction of sp³-hybridized carbons (Fsp3) is 0.833. The predicted octanol–water partition coefficient (Wildman–Crippen LogP) is 2.39. The van der Waals surface area contributed by atoms with Crippen LogP contribution in [0.2, 0.25) is 0 Å². The number of nitrogens with one attached hydrogen (secondary N) is 1. The molecular formula is C12H21N3O. The average molecular weight is 223 g/mol. The first-order valence-corrected chi connectivity index (χ1v) is 5.97. The summed E-state index contributed by atoms with van der Waals surface area (Å²) in [6, 6.07) is 0. The first kappa shape index (κ1) is 11.6. The van der Waals surface area contributed by atoms with E-state index in [2.05, 4.69) is 36.2 Å². The van der Waals surface area contributed by atoms with Gasteiger partial charge in [-0.25, -0.2) is 0 Å². The number of aryl methyl sites for hydroxylation is 1. The van der Waals surface area contributed by atoms with Crippen LogP contribution in [0, 0.1) is 12.3 Å². The normalized spacial score (nSPS) is 19.5. The number of nitrogens with zero attached hydrogens (tertiary/aromatic N) is 2. The Morgan fingerprint density at radius 2 is 2.06 bits per heavy atom. The smallest absolute Gasteiger partial charge is 0.223 e. The molecule has 90 valence electrons. The molecule has 2 rings (SSSR count). The van der Waals surface area contributed by atoms with E-state index in [0.717, 1.165) is 25.2 Å². The van der Waals surface area contributed by atoms with Crippen LogP contribution < -0.4 is 5.32 Å². The van der Waals surface area contributed by atoms with Crippen molar-refractivity contribution in [3.63, 3.8) is 0 Å². The third kappa shape index (κ3) is 2.26. The number of rotatable bonds is 3. The summed E-state index contributed by atoms with van der Waals surface area (Å²) in [4.78, 5) is 4.37. The van der Waals surface area contributed by atoms with Crippen molar-refractivity contribution in [2.75, 3.05) is 6.54 Å². The van der Waals surface area contributed by atoms with Crippen LogP contribution in [-0.2, 0) is 5.54 Å². The average Bonchev–Trinajstić information content (AvgIpc) is 2.48. The molecule has 1 N–H and O–H groups in total. The molecule has 0 radical (unpaired) electrons. The van der Waals surface area contributed by atoms with Gasteiger partial charge < -0.3 is 9.84 Å². The van der Waals surface area contributed by atoms with Gasteiger partial charge in [-0.05, 0) is 24.7 Å². The summed E-state index contributed by atoms with van der Waals surface area (Å²) in [5, 5.41) is 7.68. The summed E-state index contributed by atoms with van der Waals surface area (Å²) in [7, 11) is 0. The minimum atomic E-state index is -0.0228. The molecule has 1 heterocycles. The van der Waals surface area contributed by atoms with Crippen molar-refractivity contribution in [1.82, 2.24) is 15.5 Å². The fourth-order valence-electron chi connectivity index (χ4n) is 1.94. The van der Waals surface area contributed by atoms with Crippen molar-refractivity contribution in [2.45, 2.75) is 52.5 Å². The highest BCUT2D eigenvalue weighted by atomic mass is 16.5. The molecular weight excluding hydrogens is 202 g/mol. The molecule has 1 fully saturated rings. The Labute approximate surface area is 96.8 Å². The Balaban J connectivity index is 2.08. The zero-order valence-electron chi connectivity index (χ0n) is 10.6. The van der Waals surface area contributed by atoms with Gasteiger partial charge >= 0.3 is 0 Å². The molecule has 4 nitrogen and oxygen atoms in total. The lowest BCUT2D eigenvalue weighted by molar-refractivity contribution is 0.147. The zero-order chi connectivity index (χ0) is 11.8. The maximum absolute atomic E-state index is 5.08. The van der Waals surface area contributed by atoms with Crippen molar-refractivity contribution in [3.05, 3.63) is 11.7 Å². The van der Waals surface area contributed by atoms with Crippen LogP contribution in [0.5, 0.6) is 0 Å². The largest absolute Gasteiger partial charge is 0.340 e. The second-order valence-electron chi connectivity index (χ2n) is 5.99. The Kier molecular flexibility index (Phi) is 2.78. The van der Waals surface area contributed by atoms with Gasteiger partial charge in [-0.2, -0.15) is 4.98 Å². The lowest BCUT2D eigenvalue weighted by Crippen LogP contribution is -2.51.